The molecule has 31 heavy (non-hydrogen) atoms. The van der Waals surface area contributed by atoms with Gasteiger partial charge in [-0.15, -0.1) is 0 Å². The molecular formula is C24H22F2N2O3. The third-order valence-corrected chi connectivity index (χ3v) is 4.54. The quantitative estimate of drug-likeness (QED) is 0.583. The van der Waals surface area contributed by atoms with Crippen molar-refractivity contribution in [3.63, 3.8) is 0 Å². The fourth-order valence-electron chi connectivity index (χ4n) is 3.04. The summed E-state index contributed by atoms with van der Waals surface area (Å²) in [5, 5.41) is 5.33. The van der Waals surface area contributed by atoms with Crippen molar-refractivity contribution in [3.05, 3.63) is 83.4 Å². The number of benzene rings is 3. The molecule has 7 heteroatoms. The SMILES string of the molecule is COc1ccc(-c2ccc(C(=O)Nc3ccccc3C(=O)NC(C)C)c(F)c2)c(F)c1. The fourth-order valence-corrected chi connectivity index (χ4v) is 3.04. The minimum Gasteiger partial charge on any atom is -0.497 e. The van der Waals surface area contributed by atoms with E-state index in [-0.39, 0.29) is 39.9 Å². The van der Waals surface area contributed by atoms with Crippen molar-refractivity contribution in [2.24, 2.45) is 0 Å². The van der Waals surface area contributed by atoms with Crippen LogP contribution in [0.15, 0.2) is 60.7 Å². The molecule has 0 aliphatic carbocycles. The van der Waals surface area contributed by atoms with Crippen LogP contribution >= 0.6 is 0 Å². The molecule has 0 atom stereocenters. The molecule has 0 bridgehead atoms. The van der Waals surface area contributed by atoms with Gasteiger partial charge in [-0.2, -0.15) is 0 Å². The number of anilines is 1. The molecule has 2 amide bonds. The molecular weight excluding hydrogens is 402 g/mol. The lowest BCUT2D eigenvalue weighted by Crippen LogP contribution is -2.31. The molecule has 160 valence electrons. The van der Waals surface area contributed by atoms with E-state index in [1.54, 1.807) is 30.3 Å². The second-order valence-corrected chi connectivity index (χ2v) is 7.17. The topological polar surface area (TPSA) is 67.4 Å². The van der Waals surface area contributed by atoms with Crippen molar-refractivity contribution in [1.82, 2.24) is 5.32 Å². The summed E-state index contributed by atoms with van der Waals surface area (Å²) in [5.41, 5.74) is 0.766. The first-order valence-corrected chi connectivity index (χ1v) is 9.65. The highest BCUT2D eigenvalue weighted by Gasteiger charge is 2.18. The second kappa shape index (κ2) is 9.38. The predicted octanol–water partition coefficient (Wildman–Crippen LogP) is 5.03. The Morgan fingerprint density at radius 1 is 0.871 bits per heavy atom. The zero-order valence-corrected chi connectivity index (χ0v) is 17.3. The Morgan fingerprint density at radius 3 is 2.26 bits per heavy atom. The molecule has 3 rings (SSSR count). The first kappa shape index (κ1) is 22.0. The number of carbonyl (C=O) groups is 2. The number of methoxy groups -OCH3 is 1. The van der Waals surface area contributed by atoms with Crippen molar-refractivity contribution in [2.75, 3.05) is 12.4 Å². The van der Waals surface area contributed by atoms with E-state index in [2.05, 4.69) is 10.6 Å². The number of amides is 2. The van der Waals surface area contributed by atoms with E-state index in [0.29, 0.717) is 5.75 Å². The minimum atomic E-state index is -0.811. The fraction of sp³-hybridized carbons (Fsp3) is 0.167. The van der Waals surface area contributed by atoms with Gasteiger partial charge in [0, 0.05) is 17.7 Å². The number of para-hydroxylation sites is 1. The van der Waals surface area contributed by atoms with Crippen molar-refractivity contribution in [1.29, 1.82) is 0 Å². The van der Waals surface area contributed by atoms with Crippen LogP contribution in [0.2, 0.25) is 0 Å². The largest absolute Gasteiger partial charge is 0.497 e. The first-order chi connectivity index (χ1) is 14.8. The van der Waals surface area contributed by atoms with Crippen LogP contribution in [0.5, 0.6) is 5.75 Å². The molecule has 5 nitrogen and oxygen atoms in total. The van der Waals surface area contributed by atoms with E-state index in [1.807, 2.05) is 13.8 Å². The molecule has 0 radical (unpaired) electrons. The van der Waals surface area contributed by atoms with E-state index in [9.17, 15) is 18.4 Å². The van der Waals surface area contributed by atoms with Crippen LogP contribution in [0.25, 0.3) is 11.1 Å². The summed E-state index contributed by atoms with van der Waals surface area (Å²) >= 11 is 0. The standard InChI is InChI=1S/C24H22F2N2O3/c1-14(2)27-24(30)19-6-4-5-7-22(19)28-23(29)18-10-8-15(12-20(18)25)17-11-9-16(31-3)13-21(17)26/h4-14H,1-3H3,(H,27,30)(H,28,29). The van der Waals surface area contributed by atoms with Gasteiger partial charge in [0.25, 0.3) is 11.8 Å². The lowest BCUT2D eigenvalue weighted by Gasteiger charge is -2.14. The summed E-state index contributed by atoms with van der Waals surface area (Å²) in [5.74, 6) is -2.10. The Balaban J connectivity index is 1.85. The zero-order chi connectivity index (χ0) is 22.5. The van der Waals surface area contributed by atoms with Crippen molar-refractivity contribution in [3.8, 4) is 16.9 Å². The summed E-state index contributed by atoms with van der Waals surface area (Å²) in [6.45, 7) is 3.64. The number of nitrogens with one attached hydrogen (secondary N) is 2. The van der Waals surface area contributed by atoms with Crippen LogP contribution in [0.3, 0.4) is 0 Å². The van der Waals surface area contributed by atoms with Gasteiger partial charge < -0.3 is 15.4 Å². The lowest BCUT2D eigenvalue weighted by molar-refractivity contribution is 0.0944. The average Bonchev–Trinajstić information content (AvgIpc) is 2.73. The second-order valence-electron chi connectivity index (χ2n) is 7.17. The highest BCUT2D eigenvalue weighted by atomic mass is 19.1. The Morgan fingerprint density at radius 2 is 1.61 bits per heavy atom. The Bertz CT molecular complexity index is 1130. The molecule has 0 spiro atoms. The monoisotopic (exact) mass is 424 g/mol. The van der Waals surface area contributed by atoms with Crippen molar-refractivity contribution < 1.29 is 23.1 Å². The third-order valence-electron chi connectivity index (χ3n) is 4.54. The van der Waals surface area contributed by atoms with Crippen LogP contribution in [0, 0.1) is 11.6 Å². The van der Waals surface area contributed by atoms with E-state index in [0.717, 1.165) is 6.07 Å². The van der Waals surface area contributed by atoms with Crippen LogP contribution in [0.4, 0.5) is 14.5 Å². The molecule has 0 aromatic heterocycles. The molecule has 0 aliphatic rings. The molecule has 0 saturated carbocycles. The Labute approximate surface area is 179 Å². The van der Waals surface area contributed by atoms with Gasteiger partial charge in [0.05, 0.1) is 23.9 Å². The first-order valence-electron chi connectivity index (χ1n) is 9.65. The molecule has 0 saturated heterocycles. The van der Waals surface area contributed by atoms with E-state index in [1.165, 1.54) is 31.4 Å². The molecule has 3 aromatic carbocycles. The van der Waals surface area contributed by atoms with Gasteiger partial charge in [0.2, 0.25) is 0 Å². The van der Waals surface area contributed by atoms with Gasteiger partial charge in [-0.05, 0) is 55.8 Å². The number of carbonyl (C=O) groups excluding carboxylic acids is 2. The van der Waals surface area contributed by atoms with Gasteiger partial charge in [0.1, 0.15) is 17.4 Å². The van der Waals surface area contributed by atoms with E-state index in [4.69, 9.17) is 4.74 Å². The Hall–Kier alpha value is -3.74. The highest BCUT2D eigenvalue weighted by molar-refractivity contribution is 6.09. The number of rotatable bonds is 6. The summed E-state index contributed by atoms with van der Waals surface area (Å²) in [6.07, 6.45) is 0. The Kier molecular flexibility index (Phi) is 6.65. The maximum absolute atomic E-state index is 14.7. The molecule has 0 heterocycles. The van der Waals surface area contributed by atoms with Crippen LogP contribution in [0.1, 0.15) is 34.6 Å². The molecule has 0 aliphatic heterocycles. The minimum absolute atomic E-state index is 0.0837. The number of hydrogen-bond donors (Lipinski definition) is 2. The summed E-state index contributed by atoms with van der Waals surface area (Å²) in [7, 11) is 1.42. The number of halogens is 2. The summed E-state index contributed by atoms with van der Waals surface area (Å²) < 4.78 is 34.0. The third kappa shape index (κ3) is 5.06. The molecule has 2 N–H and O–H groups in total. The molecule has 0 unspecified atom stereocenters. The number of hydrogen-bond acceptors (Lipinski definition) is 3. The smallest absolute Gasteiger partial charge is 0.258 e. The van der Waals surface area contributed by atoms with E-state index < -0.39 is 17.5 Å². The van der Waals surface area contributed by atoms with Gasteiger partial charge in [-0.1, -0.05) is 18.2 Å². The number of ether oxygens (including phenoxy) is 1. The van der Waals surface area contributed by atoms with Crippen LogP contribution < -0.4 is 15.4 Å². The zero-order valence-electron chi connectivity index (χ0n) is 17.3. The molecule has 0 fully saturated rings. The van der Waals surface area contributed by atoms with Gasteiger partial charge in [0.15, 0.2) is 0 Å². The van der Waals surface area contributed by atoms with Crippen molar-refractivity contribution in [2.45, 2.75) is 19.9 Å². The average molecular weight is 424 g/mol. The maximum atomic E-state index is 14.7. The van der Waals surface area contributed by atoms with Crippen LogP contribution in [-0.4, -0.2) is 25.0 Å². The van der Waals surface area contributed by atoms with Crippen LogP contribution in [-0.2, 0) is 0 Å². The van der Waals surface area contributed by atoms with E-state index >= 15 is 0 Å². The maximum Gasteiger partial charge on any atom is 0.258 e. The normalized spacial score (nSPS) is 10.6. The van der Waals surface area contributed by atoms with Gasteiger partial charge in [-0.25, -0.2) is 8.78 Å². The van der Waals surface area contributed by atoms with Crippen molar-refractivity contribution >= 4 is 17.5 Å². The summed E-state index contributed by atoms with van der Waals surface area (Å²) in [6, 6.07) is 14.5. The summed E-state index contributed by atoms with van der Waals surface area (Å²) in [4.78, 5) is 25.0. The highest BCUT2D eigenvalue weighted by Crippen LogP contribution is 2.28. The van der Waals surface area contributed by atoms with Gasteiger partial charge in [-0.3, -0.25) is 9.59 Å². The predicted molar refractivity (Wildman–Crippen MR) is 115 cm³/mol. The molecule has 3 aromatic rings. The van der Waals surface area contributed by atoms with Gasteiger partial charge >= 0.3 is 0 Å². The lowest BCUT2D eigenvalue weighted by atomic mass is 10.0.